The van der Waals surface area contributed by atoms with E-state index < -0.39 is 0 Å². The van der Waals surface area contributed by atoms with Gasteiger partial charge >= 0.3 is 5.56 Å². The van der Waals surface area contributed by atoms with Crippen molar-refractivity contribution in [2.24, 2.45) is 0 Å². The zero-order valence-corrected chi connectivity index (χ0v) is 23.2. The van der Waals surface area contributed by atoms with Gasteiger partial charge < -0.3 is 14.4 Å². The molecule has 5 rings (SSSR count). The van der Waals surface area contributed by atoms with Crippen LogP contribution in [0.5, 0.6) is 11.5 Å². The van der Waals surface area contributed by atoms with Crippen LogP contribution in [0.1, 0.15) is 11.1 Å². The maximum absolute atomic E-state index is 13.6. The van der Waals surface area contributed by atoms with Crippen LogP contribution in [0.4, 0.5) is 5.69 Å². The summed E-state index contributed by atoms with van der Waals surface area (Å²) in [7, 11) is 1.65. The lowest BCUT2D eigenvalue weighted by atomic mass is 10.1. The Morgan fingerprint density at radius 3 is 2.28 bits per heavy atom. The van der Waals surface area contributed by atoms with Gasteiger partial charge in [-0.05, 0) is 47.5 Å². The number of hydrogen-bond donors (Lipinski definition) is 0. The first-order valence-corrected chi connectivity index (χ1v) is 13.6. The van der Waals surface area contributed by atoms with Crippen LogP contribution in [0.2, 0.25) is 10.0 Å². The number of halogens is 2. The summed E-state index contributed by atoms with van der Waals surface area (Å²) in [4.78, 5) is 18.2. The van der Waals surface area contributed by atoms with Crippen molar-refractivity contribution in [3.8, 4) is 17.2 Å². The summed E-state index contributed by atoms with van der Waals surface area (Å²) >= 11 is 12.3. The highest BCUT2D eigenvalue weighted by Gasteiger charge is 2.24. The Labute approximate surface area is 238 Å². The van der Waals surface area contributed by atoms with Crippen LogP contribution in [0.3, 0.4) is 0 Å². The molecule has 1 aromatic heterocycles. The van der Waals surface area contributed by atoms with Gasteiger partial charge in [-0.25, -0.2) is 0 Å². The first-order chi connectivity index (χ1) is 19.0. The van der Waals surface area contributed by atoms with Crippen LogP contribution in [-0.2, 0) is 13.0 Å². The molecule has 0 bridgehead atoms. The largest absolute Gasteiger partial charge is 0.497 e. The molecule has 1 aliphatic rings. The Hall–Kier alpha value is -3.52. The van der Waals surface area contributed by atoms with Gasteiger partial charge in [0, 0.05) is 39.1 Å². The Kier molecular flexibility index (Phi) is 8.71. The van der Waals surface area contributed by atoms with Crippen LogP contribution in [0.25, 0.3) is 5.69 Å². The number of nitrogens with zero attached hydrogens (tertiary/aromatic N) is 4. The van der Waals surface area contributed by atoms with Crippen molar-refractivity contribution in [1.29, 1.82) is 0 Å². The number of para-hydroxylation sites is 1. The van der Waals surface area contributed by atoms with Gasteiger partial charge in [-0.2, -0.15) is 9.78 Å². The van der Waals surface area contributed by atoms with E-state index in [0.29, 0.717) is 34.5 Å². The minimum Gasteiger partial charge on any atom is -0.497 e. The van der Waals surface area contributed by atoms with Crippen molar-refractivity contribution >= 4 is 28.9 Å². The van der Waals surface area contributed by atoms with Crippen molar-refractivity contribution in [1.82, 2.24) is 14.7 Å². The molecule has 0 amide bonds. The lowest BCUT2D eigenvalue weighted by Gasteiger charge is -2.36. The monoisotopic (exact) mass is 564 g/mol. The average Bonchev–Trinajstić information content (AvgIpc) is 2.97. The standard InChI is InChI=1S/C30H30Cl2N4O3/c1-38-25-10-7-22(8-11-25)13-18-39-29-28(20-33-36(30(29)37)24-5-3-2-4-6-24)35-16-14-34(15-17-35)21-23-9-12-26(31)27(32)19-23/h2-12,19-20H,13-18,21H2,1H3. The quantitative estimate of drug-likeness (QED) is 0.268. The molecule has 3 aromatic carbocycles. The second-order valence-corrected chi connectivity index (χ2v) is 10.2. The smallest absolute Gasteiger partial charge is 0.316 e. The predicted octanol–water partition coefficient (Wildman–Crippen LogP) is 5.49. The highest BCUT2D eigenvalue weighted by molar-refractivity contribution is 6.42. The summed E-state index contributed by atoms with van der Waals surface area (Å²) in [6.07, 6.45) is 2.40. The molecule has 0 atom stereocenters. The highest BCUT2D eigenvalue weighted by atomic mass is 35.5. The fourth-order valence-electron chi connectivity index (χ4n) is 4.65. The zero-order chi connectivity index (χ0) is 27.2. The number of ether oxygens (including phenoxy) is 2. The third-order valence-electron chi connectivity index (χ3n) is 6.81. The van der Waals surface area contributed by atoms with E-state index in [1.807, 2.05) is 72.8 Å². The molecule has 0 unspecified atom stereocenters. The minimum absolute atomic E-state index is 0.272. The van der Waals surface area contributed by atoms with Crippen molar-refractivity contribution in [3.05, 3.63) is 111 Å². The second kappa shape index (κ2) is 12.6. The number of benzene rings is 3. The van der Waals surface area contributed by atoms with E-state index in [4.69, 9.17) is 32.7 Å². The summed E-state index contributed by atoms with van der Waals surface area (Å²) in [5.41, 5.74) is 3.36. The molecule has 0 saturated carbocycles. The topological polar surface area (TPSA) is 59.8 Å². The van der Waals surface area contributed by atoms with Crippen molar-refractivity contribution in [3.63, 3.8) is 0 Å². The van der Waals surface area contributed by atoms with Gasteiger partial charge in [0.1, 0.15) is 11.4 Å². The molecule has 4 aromatic rings. The number of piperazine rings is 1. The fraction of sp³-hybridized carbons (Fsp3) is 0.267. The molecular formula is C30H30Cl2N4O3. The summed E-state index contributed by atoms with van der Waals surface area (Å²) in [5.74, 6) is 1.13. The van der Waals surface area contributed by atoms with E-state index in [1.54, 1.807) is 13.3 Å². The number of methoxy groups -OCH3 is 1. The third kappa shape index (κ3) is 6.56. The molecule has 0 aliphatic carbocycles. The second-order valence-electron chi connectivity index (χ2n) is 9.37. The Morgan fingerprint density at radius 1 is 0.872 bits per heavy atom. The summed E-state index contributed by atoms with van der Waals surface area (Å²) in [5, 5.41) is 5.62. The van der Waals surface area contributed by atoms with E-state index in [1.165, 1.54) is 4.68 Å². The predicted molar refractivity (Wildman–Crippen MR) is 156 cm³/mol. The Balaban J connectivity index is 1.32. The molecule has 9 heteroatoms. The lowest BCUT2D eigenvalue weighted by Crippen LogP contribution is -2.46. The molecule has 39 heavy (non-hydrogen) atoms. The molecule has 1 saturated heterocycles. The molecule has 0 radical (unpaired) electrons. The highest BCUT2D eigenvalue weighted by Crippen LogP contribution is 2.27. The van der Waals surface area contributed by atoms with E-state index >= 15 is 0 Å². The van der Waals surface area contributed by atoms with Crippen LogP contribution in [0.15, 0.2) is 83.8 Å². The van der Waals surface area contributed by atoms with Crippen LogP contribution in [0, 0.1) is 0 Å². The van der Waals surface area contributed by atoms with E-state index in [-0.39, 0.29) is 5.56 Å². The van der Waals surface area contributed by atoms with Gasteiger partial charge in [0.25, 0.3) is 0 Å². The molecule has 0 N–H and O–H groups in total. The first kappa shape index (κ1) is 27.1. The number of rotatable bonds is 9. The van der Waals surface area contributed by atoms with Gasteiger partial charge in [0.05, 0.1) is 35.6 Å². The Bertz CT molecular complexity index is 1450. The van der Waals surface area contributed by atoms with E-state index in [9.17, 15) is 4.79 Å². The number of anilines is 1. The van der Waals surface area contributed by atoms with E-state index in [0.717, 1.165) is 55.3 Å². The molecule has 7 nitrogen and oxygen atoms in total. The lowest BCUT2D eigenvalue weighted by molar-refractivity contribution is 0.248. The molecule has 202 valence electrons. The normalized spacial score (nSPS) is 13.9. The Morgan fingerprint density at radius 2 is 1.59 bits per heavy atom. The minimum atomic E-state index is -0.272. The zero-order valence-electron chi connectivity index (χ0n) is 21.7. The molecule has 1 aliphatic heterocycles. The van der Waals surface area contributed by atoms with Gasteiger partial charge in [-0.3, -0.25) is 9.69 Å². The summed E-state index contributed by atoms with van der Waals surface area (Å²) < 4.78 is 12.8. The maximum Gasteiger partial charge on any atom is 0.316 e. The third-order valence-corrected chi connectivity index (χ3v) is 7.55. The van der Waals surface area contributed by atoms with Crippen LogP contribution in [-0.4, -0.2) is 54.6 Å². The molecule has 0 spiro atoms. The van der Waals surface area contributed by atoms with Crippen molar-refractivity contribution in [2.75, 3.05) is 44.8 Å². The van der Waals surface area contributed by atoms with E-state index in [2.05, 4.69) is 14.9 Å². The maximum atomic E-state index is 13.6. The summed E-state index contributed by atoms with van der Waals surface area (Å²) in [6.45, 7) is 4.29. The van der Waals surface area contributed by atoms with Gasteiger partial charge in [0.2, 0.25) is 5.75 Å². The van der Waals surface area contributed by atoms with Crippen molar-refractivity contribution < 1.29 is 9.47 Å². The molecule has 2 heterocycles. The van der Waals surface area contributed by atoms with Gasteiger partial charge in [0.15, 0.2) is 0 Å². The molecular weight excluding hydrogens is 535 g/mol. The average molecular weight is 566 g/mol. The SMILES string of the molecule is COc1ccc(CCOc2c(N3CCN(Cc4ccc(Cl)c(Cl)c4)CC3)cnn(-c3ccccc3)c2=O)cc1. The van der Waals surface area contributed by atoms with Gasteiger partial charge in [-0.1, -0.05) is 59.6 Å². The fourth-order valence-corrected chi connectivity index (χ4v) is 4.97. The summed E-state index contributed by atoms with van der Waals surface area (Å²) in [6, 6.07) is 23.0. The number of hydrogen-bond acceptors (Lipinski definition) is 6. The first-order valence-electron chi connectivity index (χ1n) is 12.9. The van der Waals surface area contributed by atoms with Gasteiger partial charge in [-0.15, -0.1) is 0 Å². The van der Waals surface area contributed by atoms with Crippen molar-refractivity contribution in [2.45, 2.75) is 13.0 Å². The van der Waals surface area contributed by atoms with Crippen LogP contribution >= 0.6 is 23.2 Å². The van der Waals surface area contributed by atoms with Crippen LogP contribution < -0.4 is 19.9 Å². The number of aromatic nitrogens is 2. The molecule has 1 fully saturated rings.